The van der Waals surface area contributed by atoms with Crippen LogP contribution >= 0.6 is 11.3 Å². The van der Waals surface area contributed by atoms with Crippen molar-refractivity contribution >= 4 is 27.9 Å². The second-order valence-electron chi connectivity index (χ2n) is 6.98. The number of carbonyl (C=O) groups is 1. The molecule has 1 aromatic rings. The quantitative estimate of drug-likeness (QED) is 0.834. The molecule has 0 atom stereocenters. The lowest BCUT2D eigenvalue weighted by Gasteiger charge is -2.16. The summed E-state index contributed by atoms with van der Waals surface area (Å²) in [7, 11) is 0. The Bertz CT molecular complexity index is 611. The van der Waals surface area contributed by atoms with Gasteiger partial charge >= 0.3 is 0 Å². The molecule has 3 nitrogen and oxygen atoms in total. The lowest BCUT2D eigenvalue weighted by atomic mass is 9.94. The van der Waals surface area contributed by atoms with E-state index in [1.54, 1.807) is 11.3 Å². The third-order valence-corrected chi connectivity index (χ3v) is 6.17. The van der Waals surface area contributed by atoms with Gasteiger partial charge in [0.25, 0.3) is 0 Å². The zero-order valence-corrected chi connectivity index (χ0v) is 13.9. The van der Waals surface area contributed by atoms with Gasteiger partial charge in [0, 0.05) is 28.6 Å². The van der Waals surface area contributed by atoms with Gasteiger partial charge in [0.1, 0.15) is 5.00 Å². The summed E-state index contributed by atoms with van der Waals surface area (Å²) in [6, 6.07) is 0. The molecule has 0 unspecified atom stereocenters. The molecular weight excluding hydrogens is 292 g/mol. The number of thiophene rings is 1. The van der Waals surface area contributed by atoms with Gasteiger partial charge in [0.05, 0.1) is 0 Å². The van der Waals surface area contributed by atoms with E-state index in [1.807, 2.05) is 0 Å². The Balaban J connectivity index is 1.58. The summed E-state index contributed by atoms with van der Waals surface area (Å²) in [6.45, 7) is 5.30. The zero-order chi connectivity index (χ0) is 15.1. The first-order chi connectivity index (χ1) is 10.7. The minimum atomic E-state index is 0.204. The Morgan fingerprint density at radius 1 is 1.18 bits per heavy atom. The number of carbonyl (C=O) groups excluding carboxylic acids is 1. The van der Waals surface area contributed by atoms with Crippen LogP contribution in [-0.2, 0) is 17.6 Å². The molecule has 2 fully saturated rings. The minimum Gasteiger partial charge on any atom is -0.385 e. The summed E-state index contributed by atoms with van der Waals surface area (Å²) in [6.07, 6.45) is 9.58. The smallest absolute Gasteiger partial charge is 0.228 e. The first kappa shape index (κ1) is 14.3. The molecule has 0 aliphatic heterocycles. The van der Waals surface area contributed by atoms with Crippen LogP contribution in [0.1, 0.15) is 54.5 Å². The molecule has 1 aromatic heterocycles. The van der Waals surface area contributed by atoms with Crippen LogP contribution in [0.3, 0.4) is 0 Å². The maximum absolute atomic E-state index is 12.2. The predicted octanol–water partition coefficient (Wildman–Crippen LogP) is 3.95. The maximum Gasteiger partial charge on any atom is 0.228 e. The molecule has 0 bridgehead atoms. The molecule has 3 aliphatic rings. The molecule has 2 saturated carbocycles. The number of hydrogen-bond acceptors (Lipinski definition) is 3. The molecule has 0 aromatic carbocycles. The van der Waals surface area contributed by atoms with E-state index in [0.717, 1.165) is 48.8 Å². The highest BCUT2D eigenvalue weighted by Gasteiger charge is 2.32. The van der Waals surface area contributed by atoms with Crippen molar-refractivity contribution in [2.75, 3.05) is 11.9 Å². The molecule has 1 amide bonds. The van der Waals surface area contributed by atoms with Gasteiger partial charge in [-0.25, -0.2) is 0 Å². The van der Waals surface area contributed by atoms with Crippen molar-refractivity contribution in [2.45, 2.75) is 51.4 Å². The Morgan fingerprint density at radius 2 is 1.95 bits per heavy atom. The predicted molar refractivity (Wildman–Crippen MR) is 92.1 cm³/mol. The molecule has 3 aliphatic carbocycles. The largest absolute Gasteiger partial charge is 0.385 e. The lowest BCUT2D eigenvalue weighted by molar-refractivity contribution is -0.117. The van der Waals surface area contributed by atoms with Gasteiger partial charge in [-0.15, -0.1) is 11.3 Å². The number of amides is 1. The summed E-state index contributed by atoms with van der Waals surface area (Å²) in [5.74, 6) is 1.28. The van der Waals surface area contributed by atoms with Crippen molar-refractivity contribution in [3.05, 3.63) is 22.6 Å². The summed E-state index contributed by atoms with van der Waals surface area (Å²) >= 11 is 1.78. The number of rotatable bonds is 6. The summed E-state index contributed by atoms with van der Waals surface area (Å²) in [5.41, 5.74) is 3.65. The molecule has 0 saturated heterocycles. The molecule has 4 heteroatoms. The third kappa shape index (κ3) is 2.94. The van der Waals surface area contributed by atoms with Crippen molar-refractivity contribution < 1.29 is 4.79 Å². The first-order valence-electron chi connectivity index (χ1n) is 8.61. The van der Waals surface area contributed by atoms with Gasteiger partial charge in [-0.1, -0.05) is 6.58 Å². The highest BCUT2D eigenvalue weighted by molar-refractivity contribution is 7.16. The molecule has 0 spiro atoms. The van der Waals surface area contributed by atoms with Crippen molar-refractivity contribution in [1.82, 2.24) is 5.32 Å². The van der Waals surface area contributed by atoms with Gasteiger partial charge in [0.2, 0.25) is 5.91 Å². The second-order valence-corrected chi connectivity index (χ2v) is 8.09. The van der Waals surface area contributed by atoms with E-state index in [4.69, 9.17) is 0 Å². The third-order valence-electron chi connectivity index (χ3n) is 4.96. The van der Waals surface area contributed by atoms with E-state index < -0.39 is 0 Å². The second kappa shape index (κ2) is 5.73. The first-order valence-corrected chi connectivity index (χ1v) is 9.42. The van der Waals surface area contributed by atoms with Crippen LogP contribution in [0.5, 0.6) is 0 Å². The average Bonchev–Trinajstić information content (AvgIpc) is 3.41. The van der Waals surface area contributed by atoms with E-state index in [0.29, 0.717) is 0 Å². The highest BCUT2D eigenvalue weighted by Crippen LogP contribution is 2.42. The fourth-order valence-electron chi connectivity index (χ4n) is 3.21. The molecular formula is C18H24N2OS. The van der Waals surface area contributed by atoms with Crippen LogP contribution in [0.25, 0.3) is 5.70 Å². The van der Waals surface area contributed by atoms with E-state index in [2.05, 4.69) is 17.2 Å². The van der Waals surface area contributed by atoms with Crippen molar-refractivity contribution in [3.8, 4) is 0 Å². The van der Waals surface area contributed by atoms with Crippen molar-refractivity contribution in [2.24, 2.45) is 11.8 Å². The molecule has 2 N–H and O–H groups in total. The standard InChI is InChI=1S/C18H24N2OS/c1-11(19-10-12-6-7-12)16-14-4-2-3-5-15(14)22-18(16)20-17(21)13-8-9-13/h12-13,19H,1-10H2,(H,20,21). The topological polar surface area (TPSA) is 41.1 Å². The summed E-state index contributed by atoms with van der Waals surface area (Å²) in [5, 5.41) is 7.75. The van der Waals surface area contributed by atoms with Crippen LogP contribution in [0.4, 0.5) is 5.00 Å². The van der Waals surface area contributed by atoms with Crippen LogP contribution < -0.4 is 10.6 Å². The normalized spacial score (nSPS) is 20.4. The minimum absolute atomic E-state index is 0.204. The fourth-order valence-corrected chi connectivity index (χ4v) is 4.53. The Kier molecular flexibility index (Phi) is 3.73. The van der Waals surface area contributed by atoms with Gasteiger partial charge in [-0.05, 0) is 62.8 Å². The number of anilines is 1. The highest BCUT2D eigenvalue weighted by atomic mass is 32.1. The van der Waals surface area contributed by atoms with Crippen LogP contribution in [-0.4, -0.2) is 12.5 Å². The Morgan fingerprint density at radius 3 is 2.68 bits per heavy atom. The molecule has 118 valence electrons. The summed E-state index contributed by atoms with van der Waals surface area (Å²) in [4.78, 5) is 13.6. The number of nitrogens with one attached hydrogen (secondary N) is 2. The van der Waals surface area contributed by atoms with Gasteiger partial charge in [0.15, 0.2) is 0 Å². The van der Waals surface area contributed by atoms with Crippen molar-refractivity contribution in [3.63, 3.8) is 0 Å². The fraction of sp³-hybridized carbons (Fsp3) is 0.611. The SMILES string of the molecule is C=C(NCC1CC1)c1c(NC(=O)C2CC2)sc2c1CCCC2. The number of fused-ring (bicyclic) bond motifs is 1. The van der Waals surface area contributed by atoms with E-state index in [1.165, 1.54) is 41.7 Å². The summed E-state index contributed by atoms with van der Waals surface area (Å²) < 4.78 is 0. The monoisotopic (exact) mass is 316 g/mol. The molecule has 22 heavy (non-hydrogen) atoms. The molecule has 0 radical (unpaired) electrons. The number of aryl methyl sites for hydroxylation is 1. The van der Waals surface area contributed by atoms with Crippen LogP contribution in [0.2, 0.25) is 0 Å². The Hall–Kier alpha value is -1.29. The lowest BCUT2D eigenvalue weighted by Crippen LogP contribution is -2.18. The van der Waals surface area contributed by atoms with Crippen molar-refractivity contribution in [1.29, 1.82) is 0 Å². The Labute approximate surface area is 136 Å². The van der Waals surface area contributed by atoms with E-state index in [9.17, 15) is 4.79 Å². The average molecular weight is 316 g/mol. The van der Waals surface area contributed by atoms with Crippen LogP contribution in [0.15, 0.2) is 6.58 Å². The van der Waals surface area contributed by atoms with Gasteiger partial charge in [-0.2, -0.15) is 0 Å². The maximum atomic E-state index is 12.2. The molecule has 1 heterocycles. The van der Waals surface area contributed by atoms with Crippen LogP contribution in [0, 0.1) is 11.8 Å². The van der Waals surface area contributed by atoms with Gasteiger partial charge < -0.3 is 10.6 Å². The number of hydrogen-bond donors (Lipinski definition) is 2. The van der Waals surface area contributed by atoms with E-state index >= 15 is 0 Å². The zero-order valence-electron chi connectivity index (χ0n) is 13.0. The van der Waals surface area contributed by atoms with Gasteiger partial charge in [-0.3, -0.25) is 4.79 Å². The molecule has 4 rings (SSSR count). The van der Waals surface area contributed by atoms with E-state index in [-0.39, 0.29) is 11.8 Å².